The highest BCUT2D eigenvalue weighted by molar-refractivity contribution is 5.89. The molecule has 4 nitrogen and oxygen atoms in total. The summed E-state index contributed by atoms with van der Waals surface area (Å²) in [7, 11) is 0. The number of ketones is 1. The second-order valence-electron chi connectivity index (χ2n) is 7.69. The maximum absolute atomic E-state index is 13.5. The van der Waals surface area contributed by atoms with E-state index in [2.05, 4.69) is 17.6 Å². The number of halogens is 2. The summed E-state index contributed by atoms with van der Waals surface area (Å²) in [5.41, 5.74) is 0. The van der Waals surface area contributed by atoms with Crippen LogP contribution in [0, 0.1) is 17.8 Å². The van der Waals surface area contributed by atoms with Crippen molar-refractivity contribution in [1.82, 2.24) is 10.6 Å². The summed E-state index contributed by atoms with van der Waals surface area (Å²) in [5.74, 6) is -2.38. The van der Waals surface area contributed by atoms with Crippen molar-refractivity contribution >= 4 is 5.78 Å². The fraction of sp³-hybridized carbons (Fsp3) is 0.833. The predicted octanol–water partition coefficient (Wildman–Crippen LogP) is 2.83. The molecule has 0 aromatic rings. The summed E-state index contributed by atoms with van der Waals surface area (Å²) < 4.78 is 27.1. The van der Waals surface area contributed by atoms with Crippen molar-refractivity contribution in [3.8, 4) is 0 Å². The highest BCUT2D eigenvalue weighted by Crippen LogP contribution is 2.35. The van der Waals surface area contributed by atoms with Crippen LogP contribution in [0.4, 0.5) is 8.78 Å². The molecular formula is C18H30F2N2O2. The molecule has 0 radical (unpaired) electrons. The molecule has 24 heavy (non-hydrogen) atoms. The molecule has 1 heterocycles. The van der Waals surface area contributed by atoms with Gasteiger partial charge in [0.1, 0.15) is 0 Å². The van der Waals surface area contributed by atoms with Crippen LogP contribution in [-0.4, -0.2) is 35.0 Å². The molecule has 0 spiro atoms. The van der Waals surface area contributed by atoms with E-state index in [1.807, 2.05) is 0 Å². The minimum atomic E-state index is -2.72. The van der Waals surface area contributed by atoms with E-state index in [0.717, 1.165) is 13.3 Å². The van der Waals surface area contributed by atoms with Crippen LogP contribution < -0.4 is 10.6 Å². The first-order valence-corrected chi connectivity index (χ1v) is 8.92. The van der Waals surface area contributed by atoms with Crippen molar-refractivity contribution < 1.29 is 18.7 Å². The van der Waals surface area contributed by atoms with Crippen LogP contribution in [0.1, 0.15) is 53.4 Å². The quantitative estimate of drug-likeness (QED) is 0.693. The third kappa shape index (κ3) is 4.47. The third-order valence-electron chi connectivity index (χ3n) is 5.44. The lowest BCUT2D eigenvalue weighted by Crippen LogP contribution is -2.49. The number of hydrogen-bond donors (Lipinski definition) is 3. The molecule has 0 aromatic carbocycles. The molecule has 1 saturated carbocycles. The summed E-state index contributed by atoms with van der Waals surface area (Å²) in [6.07, 6.45) is 3.70. The van der Waals surface area contributed by atoms with Crippen molar-refractivity contribution in [3.05, 3.63) is 11.9 Å². The Labute approximate surface area is 143 Å². The SMILES string of the molecule is CC(O)CCC1C(=O)C(NC2=CCC(C(C)(F)F)C(C)N2)CC1C. The van der Waals surface area contributed by atoms with Crippen LogP contribution in [0.25, 0.3) is 0 Å². The fourth-order valence-corrected chi connectivity index (χ4v) is 3.96. The molecule has 3 N–H and O–H groups in total. The Morgan fingerprint density at radius 2 is 2.12 bits per heavy atom. The minimum absolute atomic E-state index is 0.0357. The molecule has 0 saturated heterocycles. The second kappa shape index (κ2) is 7.38. The number of alkyl halides is 2. The number of Topliss-reactive ketones (excluding diaryl/α,β-unsaturated/α-hetero) is 1. The third-order valence-corrected chi connectivity index (χ3v) is 5.44. The van der Waals surface area contributed by atoms with Crippen molar-refractivity contribution in [3.63, 3.8) is 0 Å². The van der Waals surface area contributed by atoms with E-state index in [0.29, 0.717) is 25.1 Å². The number of nitrogens with one attached hydrogen (secondary N) is 2. The lowest BCUT2D eigenvalue weighted by Gasteiger charge is -2.35. The van der Waals surface area contributed by atoms with Gasteiger partial charge in [0.2, 0.25) is 5.92 Å². The Kier molecular flexibility index (Phi) is 5.89. The molecule has 6 unspecified atom stereocenters. The predicted molar refractivity (Wildman–Crippen MR) is 89.5 cm³/mol. The molecule has 2 rings (SSSR count). The van der Waals surface area contributed by atoms with Crippen molar-refractivity contribution in [2.45, 2.75) is 77.5 Å². The Morgan fingerprint density at radius 3 is 2.67 bits per heavy atom. The number of carbonyl (C=O) groups is 1. The molecule has 6 atom stereocenters. The van der Waals surface area contributed by atoms with Crippen molar-refractivity contribution in [2.24, 2.45) is 17.8 Å². The highest BCUT2D eigenvalue weighted by atomic mass is 19.3. The smallest absolute Gasteiger partial charge is 0.250 e. The van der Waals surface area contributed by atoms with Crippen LogP contribution in [-0.2, 0) is 4.79 Å². The van der Waals surface area contributed by atoms with E-state index >= 15 is 0 Å². The first-order valence-electron chi connectivity index (χ1n) is 8.92. The van der Waals surface area contributed by atoms with Crippen LogP contribution in [0.2, 0.25) is 0 Å². The Bertz CT molecular complexity index is 488. The molecule has 6 heteroatoms. The van der Waals surface area contributed by atoms with Gasteiger partial charge in [-0.2, -0.15) is 0 Å². The van der Waals surface area contributed by atoms with Crippen LogP contribution in [0.5, 0.6) is 0 Å². The van der Waals surface area contributed by atoms with Gasteiger partial charge in [0, 0.05) is 17.9 Å². The highest BCUT2D eigenvalue weighted by Gasteiger charge is 2.42. The summed E-state index contributed by atoms with van der Waals surface area (Å²) in [4.78, 5) is 12.6. The van der Waals surface area contributed by atoms with Crippen LogP contribution >= 0.6 is 0 Å². The summed E-state index contributed by atoms with van der Waals surface area (Å²) >= 11 is 0. The molecule has 2 aliphatic rings. The molecule has 0 bridgehead atoms. The van der Waals surface area contributed by atoms with E-state index < -0.39 is 17.9 Å². The van der Waals surface area contributed by atoms with Gasteiger partial charge in [0.15, 0.2) is 5.78 Å². The first-order chi connectivity index (χ1) is 11.1. The van der Waals surface area contributed by atoms with E-state index in [1.54, 1.807) is 19.9 Å². The van der Waals surface area contributed by atoms with Crippen LogP contribution in [0.3, 0.4) is 0 Å². The molecule has 0 aromatic heterocycles. The largest absolute Gasteiger partial charge is 0.393 e. The van der Waals surface area contributed by atoms with E-state index in [1.165, 1.54) is 0 Å². The van der Waals surface area contributed by atoms with Gasteiger partial charge in [-0.05, 0) is 58.4 Å². The maximum atomic E-state index is 13.5. The normalized spacial score (nSPS) is 35.4. The Hall–Kier alpha value is -1.17. The standard InChI is InChI=1S/C18H30F2N2O2/c1-10-9-15(17(24)13(10)6-5-11(2)23)22-16-8-7-14(12(3)21-16)18(4,19)20/h8,10-15,21-23H,5-7,9H2,1-4H3. The van der Waals surface area contributed by atoms with Crippen LogP contribution in [0.15, 0.2) is 11.9 Å². The maximum Gasteiger partial charge on any atom is 0.250 e. The van der Waals surface area contributed by atoms with Crippen molar-refractivity contribution in [1.29, 1.82) is 0 Å². The van der Waals surface area contributed by atoms with E-state index in [-0.39, 0.29) is 29.7 Å². The van der Waals surface area contributed by atoms with E-state index in [9.17, 15) is 18.7 Å². The fourth-order valence-electron chi connectivity index (χ4n) is 3.96. The van der Waals surface area contributed by atoms with Gasteiger partial charge in [0.25, 0.3) is 0 Å². The number of carbonyl (C=O) groups excluding carboxylic acids is 1. The number of aliphatic hydroxyl groups excluding tert-OH is 1. The second-order valence-corrected chi connectivity index (χ2v) is 7.69. The molecule has 1 aliphatic heterocycles. The van der Waals surface area contributed by atoms with Gasteiger partial charge in [-0.3, -0.25) is 4.79 Å². The number of aliphatic hydroxyl groups is 1. The average molecular weight is 344 g/mol. The van der Waals surface area contributed by atoms with Gasteiger partial charge in [-0.25, -0.2) is 8.78 Å². The molecular weight excluding hydrogens is 314 g/mol. The Morgan fingerprint density at radius 1 is 1.46 bits per heavy atom. The Balaban J connectivity index is 1.95. The van der Waals surface area contributed by atoms with Gasteiger partial charge >= 0.3 is 0 Å². The lowest BCUT2D eigenvalue weighted by molar-refractivity contribution is -0.123. The monoisotopic (exact) mass is 344 g/mol. The van der Waals surface area contributed by atoms with Gasteiger partial charge < -0.3 is 15.7 Å². The zero-order chi connectivity index (χ0) is 18.1. The van der Waals surface area contributed by atoms with Gasteiger partial charge in [-0.1, -0.05) is 6.92 Å². The van der Waals surface area contributed by atoms with E-state index in [4.69, 9.17) is 0 Å². The summed E-state index contributed by atoms with van der Waals surface area (Å²) in [6, 6.07) is -0.624. The average Bonchev–Trinajstić information content (AvgIpc) is 2.70. The molecule has 1 aliphatic carbocycles. The zero-order valence-electron chi connectivity index (χ0n) is 15.0. The number of rotatable bonds is 6. The summed E-state index contributed by atoms with van der Waals surface area (Å²) in [5, 5.41) is 15.7. The molecule has 1 fully saturated rings. The lowest BCUT2D eigenvalue weighted by atomic mass is 9.89. The van der Waals surface area contributed by atoms with Gasteiger partial charge in [0.05, 0.1) is 18.0 Å². The topological polar surface area (TPSA) is 61.4 Å². The number of allylic oxidation sites excluding steroid dienone is 1. The first kappa shape index (κ1) is 19.2. The number of hydrogen-bond acceptors (Lipinski definition) is 4. The molecule has 0 amide bonds. The van der Waals surface area contributed by atoms with Crippen molar-refractivity contribution in [2.75, 3.05) is 0 Å². The zero-order valence-corrected chi connectivity index (χ0v) is 15.0. The summed E-state index contributed by atoms with van der Waals surface area (Å²) in [6.45, 7) is 6.50. The molecule has 138 valence electrons. The minimum Gasteiger partial charge on any atom is -0.393 e. The van der Waals surface area contributed by atoms with Gasteiger partial charge in [-0.15, -0.1) is 0 Å².